The highest BCUT2D eigenvalue weighted by molar-refractivity contribution is 9.09. The molecule has 1 aliphatic rings. The zero-order chi connectivity index (χ0) is 13.1. The molecule has 2 atom stereocenters. The number of phenols is 1. The van der Waals surface area contributed by atoms with Crippen LogP contribution in [-0.2, 0) is 0 Å². The van der Waals surface area contributed by atoms with E-state index in [1.54, 1.807) is 25.1 Å². The fourth-order valence-corrected chi connectivity index (χ4v) is 3.17. The number of halogens is 1. The third-order valence-electron chi connectivity index (χ3n) is 3.51. The van der Waals surface area contributed by atoms with E-state index in [1.165, 1.54) is 6.42 Å². The predicted octanol–water partition coefficient (Wildman–Crippen LogP) is 2.99. The molecule has 0 heterocycles. The van der Waals surface area contributed by atoms with E-state index in [4.69, 9.17) is 0 Å². The molecule has 4 heteroatoms. The van der Waals surface area contributed by atoms with Crippen molar-refractivity contribution in [3.63, 3.8) is 0 Å². The van der Waals surface area contributed by atoms with E-state index in [0.29, 0.717) is 22.9 Å². The van der Waals surface area contributed by atoms with Crippen LogP contribution in [0.3, 0.4) is 0 Å². The van der Waals surface area contributed by atoms with Crippen LogP contribution in [0.15, 0.2) is 18.2 Å². The summed E-state index contributed by atoms with van der Waals surface area (Å²) in [5.74, 6) is 0.444. The van der Waals surface area contributed by atoms with Crippen molar-refractivity contribution in [1.82, 2.24) is 5.32 Å². The number of hydrogen-bond donors (Lipinski definition) is 2. The maximum atomic E-state index is 12.0. The predicted molar refractivity (Wildman–Crippen MR) is 75.2 cm³/mol. The van der Waals surface area contributed by atoms with Gasteiger partial charge in [-0.1, -0.05) is 28.1 Å². The Hall–Kier alpha value is -1.03. The third kappa shape index (κ3) is 3.05. The molecule has 1 aromatic rings. The lowest BCUT2D eigenvalue weighted by Crippen LogP contribution is -2.28. The highest BCUT2D eigenvalue weighted by atomic mass is 79.9. The van der Waals surface area contributed by atoms with Gasteiger partial charge in [-0.25, -0.2) is 0 Å². The standard InChI is InChI=1S/C14H18BrNO2/c1-9-3-2-4-12(13(9)17)14(18)16-8-10-5-6-11(15)7-10/h2-4,10-11,17H,5-8H2,1H3,(H,16,18). The molecule has 0 bridgehead atoms. The first-order valence-electron chi connectivity index (χ1n) is 6.28. The van der Waals surface area contributed by atoms with Gasteiger partial charge >= 0.3 is 0 Å². The monoisotopic (exact) mass is 311 g/mol. The SMILES string of the molecule is Cc1cccc(C(=O)NCC2CCC(Br)C2)c1O. The summed E-state index contributed by atoms with van der Waals surface area (Å²) >= 11 is 3.60. The number of nitrogens with one attached hydrogen (secondary N) is 1. The first-order valence-corrected chi connectivity index (χ1v) is 7.20. The summed E-state index contributed by atoms with van der Waals surface area (Å²) in [5.41, 5.74) is 1.09. The van der Waals surface area contributed by atoms with Crippen LogP contribution in [-0.4, -0.2) is 22.4 Å². The fraction of sp³-hybridized carbons (Fsp3) is 0.500. The largest absolute Gasteiger partial charge is 0.507 e. The van der Waals surface area contributed by atoms with Crippen LogP contribution >= 0.6 is 15.9 Å². The Bertz CT molecular complexity index is 447. The first kappa shape index (κ1) is 13.4. The molecule has 0 spiro atoms. The summed E-state index contributed by atoms with van der Waals surface area (Å²) in [7, 11) is 0. The van der Waals surface area contributed by atoms with Gasteiger partial charge in [0.05, 0.1) is 5.56 Å². The molecule has 1 aromatic carbocycles. The lowest BCUT2D eigenvalue weighted by Gasteiger charge is -2.12. The van der Waals surface area contributed by atoms with Gasteiger partial charge in [-0.15, -0.1) is 0 Å². The lowest BCUT2D eigenvalue weighted by molar-refractivity contribution is 0.0944. The third-order valence-corrected chi connectivity index (χ3v) is 4.34. The molecule has 18 heavy (non-hydrogen) atoms. The molecule has 0 radical (unpaired) electrons. The minimum absolute atomic E-state index is 0.0831. The Morgan fingerprint density at radius 1 is 1.50 bits per heavy atom. The van der Waals surface area contributed by atoms with Gasteiger partial charge in [0.1, 0.15) is 5.75 Å². The Labute approximate surface area is 116 Å². The summed E-state index contributed by atoms with van der Waals surface area (Å²) in [6.07, 6.45) is 3.44. The molecule has 3 nitrogen and oxygen atoms in total. The lowest BCUT2D eigenvalue weighted by atomic mass is 10.1. The molecular weight excluding hydrogens is 294 g/mol. The molecule has 2 N–H and O–H groups in total. The van der Waals surface area contributed by atoms with E-state index in [1.807, 2.05) is 0 Å². The number of aromatic hydroxyl groups is 1. The minimum atomic E-state index is -0.186. The van der Waals surface area contributed by atoms with Gasteiger partial charge in [-0.3, -0.25) is 4.79 Å². The summed E-state index contributed by atoms with van der Waals surface area (Å²) in [4.78, 5) is 12.6. The summed E-state index contributed by atoms with van der Waals surface area (Å²) in [5, 5.41) is 12.7. The van der Waals surface area contributed by atoms with E-state index < -0.39 is 0 Å². The summed E-state index contributed by atoms with van der Waals surface area (Å²) in [6, 6.07) is 5.23. The number of aryl methyl sites for hydroxylation is 1. The summed E-state index contributed by atoms with van der Waals surface area (Å²) in [6.45, 7) is 2.48. The molecule has 1 saturated carbocycles. The second kappa shape index (κ2) is 5.74. The molecule has 1 fully saturated rings. The van der Waals surface area contributed by atoms with Crippen molar-refractivity contribution in [3.05, 3.63) is 29.3 Å². The minimum Gasteiger partial charge on any atom is -0.507 e. The molecule has 98 valence electrons. The van der Waals surface area contributed by atoms with E-state index in [-0.39, 0.29) is 11.7 Å². The van der Waals surface area contributed by atoms with Crippen LogP contribution in [0.1, 0.15) is 35.2 Å². The van der Waals surface area contributed by atoms with E-state index in [0.717, 1.165) is 18.4 Å². The fourth-order valence-electron chi connectivity index (χ4n) is 2.37. The number of alkyl halides is 1. The van der Waals surface area contributed by atoms with Crippen molar-refractivity contribution in [3.8, 4) is 5.75 Å². The summed E-state index contributed by atoms with van der Waals surface area (Å²) < 4.78 is 0. The zero-order valence-electron chi connectivity index (χ0n) is 10.4. The van der Waals surface area contributed by atoms with Crippen LogP contribution in [0.25, 0.3) is 0 Å². The van der Waals surface area contributed by atoms with Gasteiger partial charge in [0.2, 0.25) is 0 Å². The maximum absolute atomic E-state index is 12.0. The van der Waals surface area contributed by atoms with Crippen LogP contribution in [0.4, 0.5) is 0 Å². The number of benzene rings is 1. The van der Waals surface area contributed by atoms with Crippen LogP contribution in [0.5, 0.6) is 5.75 Å². The molecule has 2 rings (SSSR count). The van der Waals surface area contributed by atoms with Crippen molar-refractivity contribution in [2.24, 2.45) is 5.92 Å². The molecular formula is C14H18BrNO2. The smallest absolute Gasteiger partial charge is 0.255 e. The van der Waals surface area contributed by atoms with Gasteiger partial charge in [-0.2, -0.15) is 0 Å². The van der Waals surface area contributed by atoms with E-state index >= 15 is 0 Å². The second-order valence-corrected chi connectivity index (χ2v) is 6.25. The van der Waals surface area contributed by atoms with Crippen LogP contribution in [0.2, 0.25) is 0 Å². The van der Waals surface area contributed by atoms with E-state index in [2.05, 4.69) is 21.2 Å². The molecule has 1 amide bonds. The maximum Gasteiger partial charge on any atom is 0.255 e. The van der Waals surface area contributed by atoms with Crippen molar-refractivity contribution >= 4 is 21.8 Å². The first-order chi connectivity index (χ1) is 8.58. The highest BCUT2D eigenvalue weighted by Gasteiger charge is 2.23. The Kier molecular flexibility index (Phi) is 4.27. The number of carbonyl (C=O) groups excluding carboxylic acids is 1. The van der Waals surface area contributed by atoms with Gasteiger partial charge in [0, 0.05) is 11.4 Å². The quantitative estimate of drug-likeness (QED) is 0.843. The molecule has 0 aromatic heterocycles. The van der Waals surface area contributed by atoms with Crippen molar-refractivity contribution < 1.29 is 9.90 Å². The zero-order valence-corrected chi connectivity index (χ0v) is 12.0. The number of amides is 1. The number of phenolic OH excluding ortho intramolecular Hbond substituents is 1. The normalized spacial score (nSPS) is 23.0. The van der Waals surface area contributed by atoms with Crippen molar-refractivity contribution in [1.29, 1.82) is 0 Å². The van der Waals surface area contributed by atoms with E-state index in [9.17, 15) is 9.90 Å². The van der Waals surface area contributed by atoms with Gasteiger partial charge in [0.25, 0.3) is 5.91 Å². The molecule has 0 aliphatic heterocycles. The van der Waals surface area contributed by atoms with Crippen molar-refractivity contribution in [2.75, 3.05) is 6.54 Å². The number of rotatable bonds is 3. The Morgan fingerprint density at radius 2 is 2.28 bits per heavy atom. The second-order valence-electron chi connectivity index (χ2n) is 4.96. The number of para-hydroxylation sites is 1. The molecule has 0 saturated heterocycles. The van der Waals surface area contributed by atoms with Crippen LogP contribution in [0, 0.1) is 12.8 Å². The van der Waals surface area contributed by atoms with Crippen LogP contribution < -0.4 is 5.32 Å². The van der Waals surface area contributed by atoms with Gasteiger partial charge in [0.15, 0.2) is 0 Å². The van der Waals surface area contributed by atoms with Gasteiger partial charge < -0.3 is 10.4 Å². The average Bonchev–Trinajstić information content (AvgIpc) is 2.76. The molecule has 1 aliphatic carbocycles. The van der Waals surface area contributed by atoms with Gasteiger partial charge in [-0.05, 0) is 43.7 Å². The topological polar surface area (TPSA) is 49.3 Å². The average molecular weight is 312 g/mol. The number of carbonyl (C=O) groups is 1. The van der Waals surface area contributed by atoms with Crippen molar-refractivity contribution in [2.45, 2.75) is 31.0 Å². The molecule has 2 unspecified atom stereocenters. The Balaban J connectivity index is 1.94. The highest BCUT2D eigenvalue weighted by Crippen LogP contribution is 2.30. The number of hydrogen-bond acceptors (Lipinski definition) is 2. The Morgan fingerprint density at radius 3 is 2.94 bits per heavy atom.